The Hall–Kier alpha value is -2.16. The van der Waals surface area contributed by atoms with Crippen molar-refractivity contribution in [2.24, 2.45) is 11.8 Å². The fourth-order valence-electron chi connectivity index (χ4n) is 7.39. The van der Waals surface area contributed by atoms with Crippen molar-refractivity contribution in [1.29, 1.82) is 0 Å². The Morgan fingerprint density at radius 2 is 2.09 bits per heavy atom. The molecule has 8 nitrogen and oxygen atoms in total. The zero-order chi connectivity index (χ0) is 22.8. The molecule has 1 amide bonds. The quantitative estimate of drug-likeness (QED) is 0.574. The molecule has 3 aliphatic heterocycles. The number of ether oxygens (including phenoxy) is 2. The molecule has 176 valence electrons. The average molecular weight is 455 g/mol. The molecule has 7 rings (SSSR count). The lowest BCUT2D eigenvalue weighted by molar-refractivity contribution is -0.199. The number of carbonyl (C=O) groups excluding carboxylic acids is 2. The third-order valence-electron chi connectivity index (χ3n) is 9.21. The molecule has 3 aliphatic carbocycles. The molecular formula is C25H30N2O6. The first-order valence-electron chi connectivity index (χ1n) is 12.2. The topological polar surface area (TPSA) is 108 Å². The van der Waals surface area contributed by atoms with E-state index in [0.717, 1.165) is 24.2 Å². The van der Waals surface area contributed by atoms with E-state index >= 15 is 0 Å². The van der Waals surface area contributed by atoms with Gasteiger partial charge in [0.2, 0.25) is 5.91 Å². The van der Waals surface area contributed by atoms with Crippen molar-refractivity contribution in [3.8, 4) is 11.5 Å². The molecule has 3 N–H and O–H groups in total. The molecule has 5 atom stereocenters. The fraction of sp³-hybridized carbons (Fsp3) is 0.680. The number of piperidine rings is 1. The number of benzene rings is 1. The van der Waals surface area contributed by atoms with Gasteiger partial charge in [0.15, 0.2) is 23.4 Å². The van der Waals surface area contributed by atoms with Crippen LogP contribution in [0.3, 0.4) is 0 Å². The van der Waals surface area contributed by atoms with E-state index in [-0.39, 0.29) is 29.9 Å². The maximum absolute atomic E-state index is 13.8. The molecule has 1 aromatic carbocycles. The number of rotatable bonds is 4. The van der Waals surface area contributed by atoms with Crippen LogP contribution in [0.25, 0.3) is 0 Å². The molecule has 0 radical (unpaired) electrons. The van der Waals surface area contributed by atoms with Crippen LogP contribution in [-0.2, 0) is 26.2 Å². The molecule has 6 aliphatic rings. The van der Waals surface area contributed by atoms with Gasteiger partial charge in [0.1, 0.15) is 5.92 Å². The predicted molar refractivity (Wildman–Crippen MR) is 116 cm³/mol. The molecule has 8 heteroatoms. The minimum Gasteiger partial charge on any atom is -0.504 e. The van der Waals surface area contributed by atoms with Crippen molar-refractivity contribution in [3.63, 3.8) is 0 Å². The van der Waals surface area contributed by atoms with Crippen LogP contribution < -0.4 is 10.1 Å². The van der Waals surface area contributed by atoms with Crippen LogP contribution in [0.5, 0.6) is 11.5 Å². The van der Waals surface area contributed by atoms with E-state index in [9.17, 15) is 19.8 Å². The van der Waals surface area contributed by atoms with E-state index in [4.69, 9.17) is 9.47 Å². The van der Waals surface area contributed by atoms with Gasteiger partial charge >= 0.3 is 0 Å². The summed E-state index contributed by atoms with van der Waals surface area (Å²) in [5.41, 5.74) is -0.861. The van der Waals surface area contributed by atoms with E-state index in [0.29, 0.717) is 37.7 Å². The summed E-state index contributed by atoms with van der Waals surface area (Å²) >= 11 is 0. The molecule has 2 saturated heterocycles. The molecule has 1 unspecified atom stereocenters. The lowest BCUT2D eigenvalue weighted by atomic mass is 9.47. The Kier molecular flexibility index (Phi) is 3.85. The number of phenolic OH excluding ortho intramolecular Hbond substituents is 1. The predicted octanol–water partition coefficient (Wildman–Crippen LogP) is 0.657. The maximum Gasteiger partial charge on any atom is 0.231 e. The van der Waals surface area contributed by atoms with E-state index in [2.05, 4.69) is 10.2 Å². The van der Waals surface area contributed by atoms with Crippen LogP contribution >= 0.6 is 0 Å². The van der Waals surface area contributed by atoms with Gasteiger partial charge in [0, 0.05) is 18.2 Å². The van der Waals surface area contributed by atoms with Crippen molar-refractivity contribution in [2.75, 3.05) is 26.3 Å². The van der Waals surface area contributed by atoms with Crippen LogP contribution in [0, 0.1) is 11.8 Å². The van der Waals surface area contributed by atoms with Gasteiger partial charge in [0.25, 0.3) is 0 Å². The second kappa shape index (κ2) is 6.29. The maximum atomic E-state index is 13.8. The van der Waals surface area contributed by atoms with E-state index in [1.165, 1.54) is 12.8 Å². The van der Waals surface area contributed by atoms with Gasteiger partial charge in [-0.1, -0.05) is 6.07 Å². The largest absolute Gasteiger partial charge is 0.504 e. The van der Waals surface area contributed by atoms with Crippen molar-refractivity contribution in [1.82, 2.24) is 10.2 Å². The number of hydrogen-bond donors (Lipinski definition) is 3. The number of carbonyl (C=O) groups is 2. The molecule has 4 fully saturated rings. The first kappa shape index (κ1) is 20.2. The zero-order valence-corrected chi connectivity index (χ0v) is 18.8. The first-order valence-corrected chi connectivity index (χ1v) is 12.2. The molecule has 0 aromatic heterocycles. The number of aliphatic hydroxyl groups is 1. The van der Waals surface area contributed by atoms with Crippen molar-refractivity contribution in [3.05, 3.63) is 23.3 Å². The molecular weight excluding hydrogens is 424 g/mol. The highest BCUT2D eigenvalue weighted by molar-refractivity contribution is 6.06. The number of hydrogen-bond acceptors (Lipinski definition) is 7. The molecule has 2 bridgehead atoms. The highest BCUT2D eigenvalue weighted by Crippen LogP contribution is 2.65. The summed E-state index contributed by atoms with van der Waals surface area (Å²) in [5.74, 6) is -0.676. The van der Waals surface area contributed by atoms with Crippen LogP contribution in [0.15, 0.2) is 12.1 Å². The van der Waals surface area contributed by atoms with Crippen LogP contribution in [0.2, 0.25) is 0 Å². The Balaban J connectivity index is 1.34. The number of amides is 1. The van der Waals surface area contributed by atoms with Gasteiger partial charge in [-0.05, 0) is 63.1 Å². The highest BCUT2D eigenvalue weighted by atomic mass is 16.5. The number of likely N-dealkylation sites (tertiary alicyclic amines) is 1. The minimum atomic E-state index is -1.29. The number of phenols is 1. The van der Waals surface area contributed by atoms with Gasteiger partial charge < -0.3 is 25.0 Å². The molecule has 1 aromatic rings. The van der Waals surface area contributed by atoms with Crippen LogP contribution in [0.4, 0.5) is 0 Å². The van der Waals surface area contributed by atoms with Gasteiger partial charge in [-0.25, -0.2) is 0 Å². The smallest absolute Gasteiger partial charge is 0.231 e. The Labute approximate surface area is 192 Å². The lowest BCUT2D eigenvalue weighted by Crippen LogP contribution is -2.78. The summed E-state index contributed by atoms with van der Waals surface area (Å²) in [6, 6.07) is 3.35. The zero-order valence-electron chi connectivity index (χ0n) is 18.8. The summed E-state index contributed by atoms with van der Waals surface area (Å²) in [4.78, 5) is 29.5. The third-order valence-corrected chi connectivity index (χ3v) is 9.21. The van der Waals surface area contributed by atoms with Crippen LogP contribution in [-0.4, -0.2) is 76.4 Å². The number of aromatic hydroxyl groups is 1. The summed E-state index contributed by atoms with van der Waals surface area (Å²) in [7, 11) is 0. The number of Topliss-reactive ketones (excluding diaryl/α,β-unsaturated/α-hetero) is 1. The summed E-state index contributed by atoms with van der Waals surface area (Å²) in [5, 5.41) is 26.1. The van der Waals surface area contributed by atoms with Crippen molar-refractivity contribution >= 4 is 11.7 Å². The number of nitrogens with zero attached hydrogens (tertiary/aromatic N) is 1. The number of nitrogens with one attached hydrogen (secondary N) is 1. The molecule has 33 heavy (non-hydrogen) atoms. The fourth-order valence-corrected chi connectivity index (χ4v) is 7.39. The van der Waals surface area contributed by atoms with Crippen LogP contribution in [0.1, 0.15) is 43.7 Å². The summed E-state index contributed by atoms with van der Waals surface area (Å²) in [6.07, 6.45) is 2.75. The second-order valence-electron chi connectivity index (χ2n) is 11.5. The molecule has 3 heterocycles. The second-order valence-corrected chi connectivity index (χ2v) is 11.5. The highest BCUT2D eigenvalue weighted by Gasteiger charge is 2.75. The standard InChI is InChI=1S/C25H30N2O6/c1-23(11-32-12-23)26-22(30)15-9-25(31)17-8-14-4-5-16(28)20-18(14)24(25,21(33-20)19(15)29)6-7-27(17)10-13-2-3-13/h4-5,13,15,17,21,28,31H,2-3,6-12H2,1H3,(H,26,30)/t15?,17-,21+,24+,25-/m1/s1. The Morgan fingerprint density at radius 1 is 1.30 bits per heavy atom. The van der Waals surface area contributed by atoms with E-state index < -0.39 is 28.6 Å². The third kappa shape index (κ3) is 2.47. The Morgan fingerprint density at radius 3 is 2.79 bits per heavy atom. The summed E-state index contributed by atoms with van der Waals surface area (Å²) in [6.45, 7) is 4.44. The monoisotopic (exact) mass is 454 g/mol. The average Bonchev–Trinajstić information content (AvgIpc) is 3.49. The summed E-state index contributed by atoms with van der Waals surface area (Å²) < 4.78 is 11.4. The number of ketones is 1. The van der Waals surface area contributed by atoms with Gasteiger partial charge in [-0.2, -0.15) is 0 Å². The van der Waals surface area contributed by atoms with Gasteiger partial charge in [-0.3, -0.25) is 14.5 Å². The minimum absolute atomic E-state index is 0.00772. The Bertz CT molecular complexity index is 1080. The van der Waals surface area contributed by atoms with Gasteiger partial charge in [-0.15, -0.1) is 0 Å². The van der Waals surface area contributed by atoms with Crippen molar-refractivity contribution in [2.45, 2.75) is 67.7 Å². The van der Waals surface area contributed by atoms with Crippen molar-refractivity contribution < 1.29 is 29.3 Å². The SMILES string of the molecule is CC1(NC(=O)C2C[C@@]3(O)[C@H]4Cc5ccc(O)c6c5[C@@]3(CCN4CC3CC3)[C@@H](O6)C2=O)COC1. The molecule has 2 saturated carbocycles. The van der Waals surface area contributed by atoms with E-state index in [1.54, 1.807) is 6.07 Å². The lowest BCUT2D eigenvalue weighted by Gasteiger charge is -2.63. The molecule has 1 spiro atoms. The first-order chi connectivity index (χ1) is 15.8. The van der Waals surface area contributed by atoms with Gasteiger partial charge in [0.05, 0.1) is 29.8 Å². The normalized spacial score (nSPS) is 39.9. The van der Waals surface area contributed by atoms with E-state index in [1.807, 2.05) is 13.0 Å².